The number of aromatic nitrogens is 2. The van der Waals surface area contributed by atoms with E-state index in [0.29, 0.717) is 5.56 Å². The lowest BCUT2D eigenvalue weighted by Gasteiger charge is -2.22. The third-order valence-corrected chi connectivity index (χ3v) is 5.43. The van der Waals surface area contributed by atoms with Crippen LogP contribution in [0, 0.1) is 6.92 Å². The van der Waals surface area contributed by atoms with Crippen molar-refractivity contribution in [3.63, 3.8) is 0 Å². The third kappa shape index (κ3) is 5.79. The molecule has 2 heterocycles. The largest absolute Gasteiger partial charge is 0.366 e. The summed E-state index contributed by atoms with van der Waals surface area (Å²) in [5, 5.41) is 5.72. The smallest absolute Gasteiger partial charge is 0.248 e. The molecular formula is C22H33N3O3. The maximum Gasteiger partial charge on any atom is 0.248 e. The number of nitrogens with zero attached hydrogens (tertiary/aromatic N) is 2. The molecule has 1 fully saturated rings. The lowest BCUT2D eigenvalue weighted by atomic mass is 10.1. The summed E-state index contributed by atoms with van der Waals surface area (Å²) in [5.74, 6) is -0.397. The van der Waals surface area contributed by atoms with Gasteiger partial charge in [0, 0.05) is 30.7 Å². The van der Waals surface area contributed by atoms with Crippen LogP contribution in [0.1, 0.15) is 73.8 Å². The van der Waals surface area contributed by atoms with E-state index in [1.807, 2.05) is 23.7 Å². The second-order valence-corrected chi connectivity index (χ2v) is 7.69. The van der Waals surface area contributed by atoms with E-state index < -0.39 is 5.91 Å². The van der Waals surface area contributed by atoms with Crippen molar-refractivity contribution in [2.75, 3.05) is 13.2 Å². The van der Waals surface area contributed by atoms with Crippen LogP contribution in [0.4, 0.5) is 0 Å². The summed E-state index contributed by atoms with van der Waals surface area (Å²) >= 11 is 0. The maximum absolute atomic E-state index is 11.4. The molecule has 0 saturated carbocycles. The predicted molar refractivity (Wildman–Crippen MR) is 110 cm³/mol. The van der Waals surface area contributed by atoms with Gasteiger partial charge in [0.05, 0.1) is 11.2 Å². The van der Waals surface area contributed by atoms with Gasteiger partial charge >= 0.3 is 0 Å². The number of nitrogens with two attached hydrogens (primary N) is 1. The SMILES string of the molecule is Cc1nn(CCCCCCCCOC2CCCCO2)c2cc(C(N)=O)ccc12. The predicted octanol–water partition coefficient (Wildman–Crippen LogP) is 4.33. The second kappa shape index (κ2) is 10.6. The Morgan fingerprint density at radius 1 is 1.21 bits per heavy atom. The van der Waals surface area contributed by atoms with E-state index in [1.165, 1.54) is 38.5 Å². The van der Waals surface area contributed by atoms with Crippen LogP contribution in [0.2, 0.25) is 0 Å². The quantitative estimate of drug-likeness (QED) is 0.582. The van der Waals surface area contributed by atoms with Gasteiger partial charge in [0.2, 0.25) is 5.91 Å². The highest BCUT2D eigenvalue weighted by Gasteiger charge is 2.13. The second-order valence-electron chi connectivity index (χ2n) is 7.69. The number of hydrogen-bond donors (Lipinski definition) is 1. The molecule has 154 valence electrons. The van der Waals surface area contributed by atoms with Crippen LogP contribution >= 0.6 is 0 Å². The highest BCUT2D eigenvalue weighted by molar-refractivity contribution is 5.97. The molecular weight excluding hydrogens is 354 g/mol. The molecule has 0 bridgehead atoms. The van der Waals surface area contributed by atoms with Crippen LogP contribution in [0.5, 0.6) is 0 Å². The molecule has 1 atom stereocenters. The Kier molecular flexibility index (Phi) is 7.86. The molecule has 2 aromatic rings. The fourth-order valence-electron chi connectivity index (χ4n) is 3.79. The summed E-state index contributed by atoms with van der Waals surface area (Å²) in [7, 11) is 0. The number of rotatable bonds is 11. The van der Waals surface area contributed by atoms with Crippen molar-refractivity contribution >= 4 is 16.8 Å². The zero-order valence-electron chi connectivity index (χ0n) is 17.0. The first-order valence-electron chi connectivity index (χ1n) is 10.7. The summed E-state index contributed by atoms with van der Waals surface area (Å²) in [4.78, 5) is 11.4. The first kappa shape index (κ1) is 20.8. The van der Waals surface area contributed by atoms with Crippen LogP contribution in [-0.4, -0.2) is 35.2 Å². The number of amides is 1. The lowest BCUT2D eigenvalue weighted by molar-refractivity contribution is -0.162. The van der Waals surface area contributed by atoms with E-state index in [1.54, 1.807) is 6.07 Å². The van der Waals surface area contributed by atoms with E-state index in [0.717, 1.165) is 55.6 Å². The number of ether oxygens (including phenoxy) is 2. The average Bonchev–Trinajstić information content (AvgIpc) is 3.02. The minimum atomic E-state index is -0.397. The molecule has 1 aliphatic heterocycles. The fraction of sp³-hybridized carbons (Fsp3) is 0.636. The Morgan fingerprint density at radius 2 is 2.00 bits per heavy atom. The Bertz CT molecular complexity index is 766. The summed E-state index contributed by atoms with van der Waals surface area (Å²) in [6, 6.07) is 5.57. The van der Waals surface area contributed by atoms with Gasteiger partial charge in [-0.1, -0.05) is 31.7 Å². The minimum Gasteiger partial charge on any atom is -0.366 e. The highest BCUT2D eigenvalue weighted by Crippen LogP contribution is 2.20. The number of fused-ring (bicyclic) bond motifs is 1. The molecule has 0 radical (unpaired) electrons. The molecule has 0 aliphatic carbocycles. The number of benzene rings is 1. The fourth-order valence-corrected chi connectivity index (χ4v) is 3.79. The van der Waals surface area contributed by atoms with Crippen molar-refractivity contribution < 1.29 is 14.3 Å². The van der Waals surface area contributed by atoms with Crippen molar-refractivity contribution in [3.05, 3.63) is 29.5 Å². The molecule has 2 N–H and O–H groups in total. The topological polar surface area (TPSA) is 79.4 Å². The van der Waals surface area contributed by atoms with Gasteiger partial charge in [0.1, 0.15) is 0 Å². The molecule has 6 nitrogen and oxygen atoms in total. The van der Waals surface area contributed by atoms with Gasteiger partial charge in [0.15, 0.2) is 6.29 Å². The van der Waals surface area contributed by atoms with E-state index in [-0.39, 0.29) is 6.29 Å². The molecule has 1 amide bonds. The number of primary amides is 1. The van der Waals surface area contributed by atoms with Gasteiger partial charge in [-0.3, -0.25) is 9.48 Å². The van der Waals surface area contributed by atoms with Crippen LogP contribution in [0.15, 0.2) is 18.2 Å². The van der Waals surface area contributed by atoms with Crippen LogP contribution in [-0.2, 0) is 16.0 Å². The van der Waals surface area contributed by atoms with Gasteiger partial charge in [-0.15, -0.1) is 0 Å². The molecule has 1 unspecified atom stereocenters. The monoisotopic (exact) mass is 387 g/mol. The van der Waals surface area contributed by atoms with Crippen LogP contribution in [0.3, 0.4) is 0 Å². The maximum atomic E-state index is 11.4. The van der Waals surface area contributed by atoms with Gasteiger partial charge in [0.25, 0.3) is 0 Å². The van der Waals surface area contributed by atoms with Gasteiger partial charge in [-0.25, -0.2) is 0 Å². The molecule has 1 aromatic heterocycles. The zero-order valence-corrected chi connectivity index (χ0v) is 17.0. The first-order valence-corrected chi connectivity index (χ1v) is 10.7. The van der Waals surface area contributed by atoms with E-state index in [4.69, 9.17) is 15.2 Å². The Labute approximate surface area is 167 Å². The molecule has 1 aromatic carbocycles. The number of carbonyl (C=O) groups is 1. The normalized spacial score (nSPS) is 17.2. The lowest BCUT2D eigenvalue weighted by Crippen LogP contribution is -2.22. The van der Waals surface area contributed by atoms with Crippen molar-refractivity contribution in [2.24, 2.45) is 5.73 Å². The Morgan fingerprint density at radius 3 is 2.75 bits per heavy atom. The van der Waals surface area contributed by atoms with Gasteiger partial charge < -0.3 is 15.2 Å². The molecule has 1 aliphatic rings. The van der Waals surface area contributed by atoms with E-state index >= 15 is 0 Å². The molecule has 0 spiro atoms. The average molecular weight is 388 g/mol. The Hall–Kier alpha value is -1.92. The molecule has 28 heavy (non-hydrogen) atoms. The van der Waals surface area contributed by atoms with Crippen molar-refractivity contribution in [1.82, 2.24) is 9.78 Å². The van der Waals surface area contributed by atoms with Crippen LogP contribution < -0.4 is 5.73 Å². The van der Waals surface area contributed by atoms with Crippen molar-refractivity contribution in [3.8, 4) is 0 Å². The molecule has 3 rings (SSSR count). The summed E-state index contributed by atoms with van der Waals surface area (Å²) in [5.41, 5.74) is 7.94. The number of hydrogen-bond acceptors (Lipinski definition) is 4. The number of carbonyl (C=O) groups excluding carboxylic acids is 1. The van der Waals surface area contributed by atoms with E-state index in [9.17, 15) is 4.79 Å². The molecule has 6 heteroatoms. The third-order valence-electron chi connectivity index (χ3n) is 5.43. The van der Waals surface area contributed by atoms with Crippen LogP contribution in [0.25, 0.3) is 10.9 Å². The van der Waals surface area contributed by atoms with Gasteiger partial charge in [-0.2, -0.15) is 5.10 Å². The number of unbranched alkanes of at least 4 members (excludes halogenated alkanes) is 5. The summed E-state index contributed by atoms with van der Waals surface area (Å²) in [6.45, 7) is 4.53. The first-order chi connectivity index (χ1) is 13.6. The summed E-state index contributed by atoms with van der Waals surface area (Å²) < 4.78 is 13.4. The van der Waals surface area contributed by atoms with Crippen molar-refractivity contribution in [2.45, 2.75) is 77.5 Å². The minimum absolute atomic E-state index is 0.0381. The highest BCUT2D eigenvalue weighted by atomic mass is 16.7. The summed E-state index contributed by atoms with van der Waals surface area (Å²) in [6.07, 6.45) is 10.5. The number of aryl methyl sites for hydroxylation is 2. The standard InChI is InChI=1S/C22H33N3O3/c1-17-19-12-11-18(22(23)26)16-20(19)25(24-17)13-7-4-2-3-5-8-14-27-21-10-6-9-15-28-21/h11-12,16,21H,2-10,13-15H2,1H3,(H2,23,26). The zero-order chi connectivity index (χ0) is 19.8. The van der Waals surface area contributed by atoms with Gasteiger partial charge in [-0.05, 0) is 51.2 Å². The van der Waals surface area contributed by atoms with Crippen molar-refractivity contribution in [1.29, 1.82) is 0 Å². The Balaban J connectivity index is 1.32. The molecule has 1 saturated heterocycles. The van der Waals surface area contributed by atoms with E-state index in [2.05, 4.69) is 5.10 Å².